The van der Waals surface area contributed by atoms with Crippen LogP contribution in [0.3, 0.4) is 0 Å². The summed E-state index contributed by atoms with van der Waals surface area (Å²) >= 11 is 0. The molecule has 1 aliphatic heterocycles. The summed E-state index contributed by atoms with van der Waals surface area (Å²) in [5.41, 5.74) is 2.21. The number of benzene rings is 1. The predicted molar refractivity (Wildman–Crippen MR) is 102 cm³/mol. The second-order valence-electron chi connectivity index (χ2n) is 6.46. The molecule has 0 radical (unpaired) electrons. The molecule has 1 amide bonds. The summed E-state index contributed by atoms with van der Waals surface area (Å²) in [6, 6.07) is 8.25. The first-order valence-electron chi connectivity index (χ1n) is 9.04. The average molecular weight is 354 g/mol. The van der Waals surface area contributed by atoms with E-state index in [-0.39, 0.29) is 5.91 Å². The van der Waals surface area contributed by atoms with E-state index in [0.717, 1.165) is 44.0 Å². The highest BCUT2D eigenvalue weighted by atomic mass is 16.5. The van der Waals surface area contributed by atoms with Gasteiger partial charge in [0.05, 0.1) is 12.8 Å². The lowest BCUT2D eigenvalue weighted by molar-refractivity contribution is -0.127. The molecule has 2 heterocycles. The molecule has 2 aromatic rings. The van der Waals surface area contributed by atoms with Gasteiger partial charge in [0.25, 0.3) is 0 Å². The summed E-state index contributed by atoms with van der Waals surface area (Å²) in [5, 5.41) is 4.10. The quantitative estimate of drug-likeness (QED) is 0.746. The van der Waals surface area contributed by atoms with Crippen molar-refractivity contribution in [2.45, 2.75) is 13.5 Å². The largest absolute Gasteiger partial charge is 0.494 e. The lowest BCUT2D eigenvalue weighted by atomic mass is 10.2. The lowest BCUT2D eigenvalue weighted by Crippen LogP contribution is -2.47. The standard InChI is InChI=1S/C20H26N4O2/c1-3-26-19-7-4-17(5-8-19)16-23-10-12-24(13-11-23)20(25)9-6-18-14-21-22(2)15-18/h4-9,14-15H,3,10-13,16H2,1-2H3/b9-6+. The molecule has 1 aromatic carbocycles. The third kappa shape index (κ3) is 4.95. The molecule has 0 atom stereocenters. The van der Waals surface area contributed by atoms with Crippen molar-refractivity contribution < 1.29 is 9.53 Å². The molecule has 0 unspecified atom stereocenters. The zero-order valence-electron chi connectivity index (χ0n) is 15.5. The molecule has 0 aliphatic carbocycles. The van der Waals surface area contributed by atoms with Gasteiger partial charge in [-0.05, 0) is 30.7 Å². The van der Waals surface area contributed by atoms with Gasteiger partial charge in [0.15, 0.2) is 0 Å². The maximum atomic E-state index is 12.3. The highest BCUT2D eigenvalue weighted by Crippen LogP contribution is 2.15. The van der Waals surface area contributed by atoms with Crippen LogP contribution in [0.2, 0.25) is 0 Å². The summed E-state index contributed by atoms with van der Waals surface area (Å²) in [5.74, 6) is 0.974. The van der Waals surface area contributed by atoms with Crippen molar-refractivity contribution in [3.8, 4) is 5.75 Å². The molecule has 1 aliphatic rings. The number of carbonyl (C=O) groups is 1. The Balaban J connectivity index is 1.46. The topological polar surface area (TPSA) is 50.6 Å². The Bertz CT molecular complexity index is 743. The van der Waals surface area contributed by atoms with Crippen LogP contribution < -0.4 is 4.74 Å². The molecule has 26 heavy (non-hydrogen) atoms. The van der Waals surface area contributed by atoms with Gasteiger partial charge in [0.1, 0.15) is 5.75 Å². The summed E-state index contributed by atoms with van der Waals surface area (Å²) in [6.07, 6.45) is 7.10. The fourth-order valence-electron chi connectivity index (χ4n) is 3.04. The van der Waals surface area contributed by atoms with Crippen molar-refractivity contribution in [3.63, 3.8) is 0 Å². The molecule has 0 bridgehead atoms. The number of piperazine rings is 1. The lowest BCUT2D eigenvalue weighted by Gasteiger charge is -2.34. The maximum Gasteiger partial charge on any atom is 0.246 e. The van der Waals surface area contributed by atoms with Crippen LogP contribution >= 0.6 is 0 Å². The van der Waals surface area contributed by atoms with Crippen LogP contribution in [0.1, 0.15) is 18.1 Å². The SMILES string of the molecule is CCOc1ccc(CN2CCN(C(=O)/C=C/c3cnn(C)c3)CC2)cc1. The summed E-state index contributed by atoms with van der Waals surface area (Å²) < 4.78 is 7.20. The van der Waals surface area contributed by atoms with Crippen molar-refractivity contribution in [2.24, 2.45) is 7.05 Å². The Hall–Kier alpha value is -2.60. The van der Waals surface area contributed by atoms with E-state index in [9.17, 15) is 4.79 Å². The van der Waals surface area contributed by atoms with Crippen LogP contribution in [-0.4, -0.2) is 58.3 Å². The summed E-state index contributed by atoms with van der Waals surface area (Å²) in [4.78, 5) is 16.6. The van der Waals surface area contributed by atoms with Crippen molar-refractivity contribution in [1.29, 1.82) is 0 Å². The number of carbonyl (C=O) groups excluding carboxylic acids is 1. The maximum absolute atomic E-state index is 12.3. The van der Waals surface area contributed by atoms with Gasteiger partial charge in [0.2, 0.25) is 5.91 Å². The van der Waals surface area contributed by atoms with Gasteiger partial charge < -0.3 is 9.64 Å². The zero-order chi connectivity index (χ0) is 18.4. The van der Waals surface area contributed by atoms with Crippen molar-refractivity contribution >= 4 is 12.0 Å². The first-order valence-corrected chi connectivity index (χ1v) is 9.04. The minimum Gasteiger partial charge on any atom is -0.494 e. The number of hydrogen-bond acceptors (Lipinski definition) is 4. The van der Waals surface area contributed by atoms with Gasteiger partial charge in [-0.1, -0.05) is 12.1 Å². The Morgan fingerprint density at radius 1 is 1.19 bits per heavy atom. The van der Waals surface area contributed by atoms with E-state index in [0.29, 0.717) is 6.61 Å². The highest BCUT2D eigenvalue weighted by Gasteiger charge is 2.19. The van der Waals surface area contributed by atoms with Crippen LogP contribution in [0.25, 0.3) is 6.08 Å². The normalized spacial score (nSPS) is 15.5. The molecule has 1 aromatic heterocycles. The van der Waals surface area contributed by atoms with Crippen LogP contribution in [0.5, 0.6) is 5.75 Å². The van der Waals surface area contributed by atoms with Crippen LogP contribution in [-0.2, 0) is 18.4 Å². The van der Waals surface area contributed by atoms with Crippen molar-refractivity contribution in [3.05, 3.63) is 53.9 Å². The average Bonchev–Trinajstić information content (AvgIpc) is 3.07. The number of aromatic nitrogens is 2. The Labute approximate surface area is 154 Å². The minimum atomic E-state index is 0.0644. The molecular formula is C20H26N4O2. The fraction of sp³-hybridized carbons (Fsp3) is 0.400. The van der Waals surface area contributed by atoms with E-state index in [4.69, 9.17) is 4.74 Å². The number of nitrogens with zero attached hydrogens (tertiary/aromatic N) is 4. The first-order chi connectivity index (χ1) is 12.6. The Morgan fingerprint density at radius 3 is 2.54 bits per heavy atom. The van der Waals surface area contributed by atoms with E-state index < -0.39 is 0 Å². The number of hydrogen-bond donors (Lipinski definition) is 0. The molecule has 138 valence electrons. The second kappa shape index (κ2) is 8.67. The zero-order valence-corrected chi connectivity index (χ0v) is 15.5. The van der Waals surface area contributed by atoms with Gasteiger partial charge in [-0.2, -0.15) is 5.10 Å². The van der Waals surface area contributed by atoms with Crippen LogP contribution in [0, 0.1) is 0 Å². The number of amides is 1. The van der Waals surface area contributed by atoms with E-state index in [1.807, 2.05) is 43.3 Å². The van der Waals surface area contributed by atoms with Gasteiger partial charge in [-0.3, -0.25) is 14.4 Å². The van der Waals surface area contributed by atoms with Gasteiger partial charge >= 0.3 is 0 Å². The van der Waals surface area contributed by atoms with E-state index >= 15 is 0 Å². The van der Waals surface area contributed by atoms with Crippen molar-refractivity contribution in [1.82, 2.24) is 19.6 Å². The fourth-order valence-corrected chi connectivity index (χ4v) is 3.04. The Morgan fingerprint density at radius 2 is 1.92 bits per heavy atom. The number of rotatable bonds is 6. The molecule has 6 heteroatoms. The first kappa shape index (κ1) is 18.2. The van der Waals surface area contributed by atoms with Gasteiger partial charge in [-0.15, -0.1) is 0 Å². The van der Waals surface area contributed by atoms with E-state index in [1.54, 1.807) is 17.0 Å². The Kier molecular flexibility index (Phi) is 6.07. The second-order valence-corrected chi connectivity index (χ2v) is 6.46. The van der Waals surface area contributed by atoms with Gasteiger partial charge in [-0.25, -0.2) is 0 Å². The minimum absolute atomic E-state index is 0.0644. The molecule has 0 saturated carbocycles. The number of aryl methyl sites for hydroxylation is 1. The molecule has 1 saturated heterocycles. The van der Waals surface area contributed by atoms with E-state index in [1.165, 1.54) is 5.56 Å². The van der Waals surface area contributed by atoms with Gasteiger partial charge in [0, 0.05) is 57.6 Å². The third-order valence-electron chi connectivity index (χ3n) is 4.47. The molecular weight excluding hydrogens is 328 g/mol. The molecule has 6 nitrogen and oxygen atoms in total. The summed E-state index contributed by atoms with van der Waals surface area (Å²) in [6.45, 7) is 6.87. The van der Waals surface area contributed by atoms with Crippen molar-refractivity contribution in [2.75, 3.05) is 32.8 Å². The monoisotopic (exact) mass is 354 g/mol. The molecule has 1 fully saturated rings. The summed E-state index contributed by atoms with van der Waals surface area (Å²) in [7, 11) is 1.86. The smallest absolute Gasteiger partial charge is 0.246 e. The number of ether oxygens (including phenoxy) is 1. The molecule has 0 spiro atoms. The van der Waals surface area contributed by atoms with E-state index in [2.05, 4.69) is 22.1 Å². The van der Waals surface area contributed by atoms with Crippen LogP contribution in [0.15, 0.2) is 42.7 Å². The third-order valence-corrected chi connectivity index (χ3v) is 4.47. The molecule has 3 rings (SSSR count). The highest BCUT2D eigenvalue weighted by molar-refractivity contribution is 5.91. The van der Waals surface area contributed by atoms with Crippen LogP contribution in [0.4, 0.5) is 0 Å². The predicted octanol–water partition coefficient (Wildman–Crippen LogP) is 2.18. The molecule has 0 N–H and O–H groups in total.